The average molecular weight is 191 g/mol. The zero-order chi connectivity index (χ0) is 10.1. The van der Waals surface area contributed by atoms with Gasteiger partial charge in [-0.1, -0.05) is 13.0 Å². The first-order chi connectivity index (χ1) is 6.70. The highest BCUT2D eigenvalue weighted by molar-refractivity contribution is 5.75. The van der Waals surface area contributed by atoms with Gasteiger partial charge >= 0.3 is 5.76 Å². The van der Waals surface area contributed by atoms with Crippen LogP contribution in [-0.4, -0.2) is 4.98 Å². The molecule has 14 heavy (non-hydrogen) atoms. The van der Waals surface area contributed by atoms with Gasteiger partial charge in [0.1, 0.15) is 5.58 Å². The highest BCUT2D eigenvalue weighted by Gasteiger charge is 2.02. The molecule has 0 saturated carbocycles. The van der Waals surface area contributed by atoms with E-state index in [-0.39, 0.29) is 0 Å². The third-order valence-corrected chi connectivity index (χ3v) is 2.12. The van der Waals surface area contributed by atoms with Crippen molar-refractivity contribution in [1.29, 1.82) is 0 Å². The minimum Gasteiger partial charge on any atom is -0.409 e. The number of rotatable bonds is 1. The summed E-state index contributed by atoms with van der Waals surface area (Å²) in [6, 6.07) is 5.21. The number of nitrogens with one attached hydrogen (secondary N) is 1. The van der Waals surface area contributed by atoms with Gasteiger partial charge in [0, 0.05) is 0 Å². The first kappa shape index (κ1) is 8.74. The molecule has 0 unspecified atom stereocenters. The van der Waals surface area contributed by atoms with Crippen LogP contribution < -0.4 is 11.3 Å². The summed E-state index contributed by atoms with van der Waals surface area (Å²) in [7, 11) is 0. The lowest BCUT2D eigenvalue weighted by Gasteiger charge is -1.97. The van der Waals surface area contributed by atoms with Gasteiger partial charge in [0.25, 0.3) is 5.56 Å². The molecule has 2 aromatic rings. The van der Waals surface area contributed by atoms with Gasteiger partial charge in [0.2, 0.25) is 0 Å². The molecule has 1 aromatic heterocycles. The Bertz CT molecular complexity index is 580. The topological polar surface area (TPSA) is 63.1 Å². The van der Waals surface area contributed by atoms with E-state index in [1.807, 2.05) is 13.0 Å². The lowest BCUT2D eigenvalue weighted by atomic mass is 10.1. The van der Waals surface area contributed by atoms with Crippen LogP contribution in [0.1, 0.15) is 12.5 Å². The molecular formula is C10H9NO3. The fraction of sp³-hybridized carbons (Fsp3) is 0.200. The summed E-state index contributed by atoms with van der Waals surface area (Å²) >= 11 is 0. The van der Waals surface area contributed by atoms with Crippen molar-refractivity contribution in [3.8, 4) is 0 Å². The molecule has 4 heteroatoms. The molecule has 0 aliphatic rings. The summed E-state index contributed by atoms with van der Waals surface area (Å²) in [6.07, 6.45) is 0.842. The third-order valence-electron chi connectivity index (χ3n) is 2.12. The predicted molar refractivity (Wildman–Crippen MR) is 52.5 cm³/mol. The van der Waals surface area contributed by atoms with Gasteiger partial charge in [-0.15, -0.1) is 0 Å². The molecule has 0 aliphatic heterocycles. The number of benzene rings is 1. The molecule has 1 N–H and O–H groups in total. The fourth-order valence-electron chi connectivity index (χ4n) is 1.35. The first-order valence-electron chi connectivity index (χ1n) is 4.37. The lowest BCUT2D eigenvalue weighted by Crippen LogP contribution is -2.18. The van der Waals surface area contributed by atoms with Gasteiger partial charge in [0.15, 0.2) is 0 Å². The maximum Gasteiger partial charge on any atom is 0.419 e. The van der Waals surface area contributed by atoms with Crippen molar-refractivity contribution in [1.82, 2.24) is 4.98 Å². The van der Waals surface area contributed by atoms with Crippen molar-refractivity contribution in [2.24, 2.45) is 0 Å². The van der Waals surface area contributed by atoms with Crippen molar-refractivity contribution >= 4 is 11.0 Å². The summed E-state index contributed by atoms with van der Waals surface area (Å²) in [6.45, 7) is 1.99. The van der Waals surface area contributed by atoms with E-state index in [0.717, 1.165) is 12.0 Å². The van der Waals surface area contributed by atoms with Crippen LogP contribution in [0, 0.1) is 0 Å². The van der Waals surface area contributed by atoms with Crippen LogP contribution in [0.25, 0.3) is 11.0 Å². The quantitative estimate of drug-likeness (QED) is 0.732. The predicted octanol–water partition coefficient (Wildman–Crippen LogP) is 1.04. The van der Waals surface area contributed by atoms with E-state index in [0.29, 0.717) is 11.0 Å². The first-order valence-corrected chi connectivity index (χ1v) is 4.37. The molecular weight excluding hydrogens is 182 g/mol. The smallest absolute Gasteiger partial charge is 0.409 e. The SMILES string of the molecule is CCc1ccc2oc(=O)[nH]c(=O)c2c1. The minimum absolute atomic E-state index is 0.330. The number of aromatic amines is 1. The van der Waals surface area contributed by atoms with E-state index >= 15 is 0 Å². The summed E-state index contributed by atoms with van der Waals surface area (Å²) in [5.41, 5.74) is 0.972. The van der Waals surface area contributed by atoms with Crippen LogP contribution in [0.15, 0.2) is 32.2 Å². The maximum atomic E-state index is 11.4. The molecule has 0 radical (unpaired) electrons. The van der Waals surface area contributed by atoms with Crippen molar-refractivity contribution in [3.05, 3.63) is 44.7 Å². The molecule has 0 bridgehead atoms. The second-order valence-corrected chi connectivity index (χ2v) is 3.03. The van der Waals surface area contributed by atoms with Crippen LogP contribution in [0.5, 0.6) is 0 Å². The number of aryl methyl sites for hydroxylation is 1. The highest BCUT2D eigenvalue weighted by atomic mass is 16.4. The number of fused-ring (bicyclic) bond motifs is 1. The Balaban J connectivity index is 2.89. The number of aromatic nitrogens is 1. The average Bonchev–Trinajstić information content (AvgIpc) is 2.17. The van der Waals surface area contributed by atoms with Gasteiger partial charge < -0.3 is 4.42 Å². The molecule has 1 aromatic carbocycles. The van der Waals surface area contributed by atoms with Gasteiger partial charge in [-0.3, -0.25) is 9.78 Å². The van der Waals surface area contributed by atoms with Crippen LogP contribution in [0.3, 0.4) is 0 Å². The van der Waals surface area contributed by atoms with Crippen LogP contribution in [0.4, 0.5) is 0 Å². The normalized spacial score (nSPS) is 10.6. The Morgan fingerprint density at radius 3 is 2.86 bits per heavy atom. The monoisotopic (exact) mass is 191 g/mol. The zero-order valence-electron chi connectivity index (χ0n) is 7.66. The Morgan fingerprint density at radius 1 is 1.36 bits per heavy atom. The number of hydrogen-bond donors (Lipinski definition) is 1. The van der Waals surface area contributed by atoms with Gasteiger partial charge in [-0.2, -0.15) is 0 Å². The van der Waals surface area contributed by atoms with E-state index in [9.17, 15) is 9.59 Å². The molecule has 0 aliphatic carbocycles. The van der Waals surface area contributed by atoms with Crippen molar-refractivity contribution in [2.45, 2.75) is 13.3 Å². The molecule has 72 valence electrons. The molecule has 0 atom stereocenters. The van der Waals surface area contributed by atoms with Crippen molar-refractivity contribution in [3.63, 3.8) is 0 Å². The molecule has 2 rings (SSSR count). The minimum atomic E-state index is -0.716. The molecule has 0 saturated heterocycles. The summed E-state index contributed by atoms with van der Waals surface area (Å²) in [4.78, 5) is 24.3. The highest BCUT2D eigenvalue weighted by Crippen LogP contribution is 2.10. The van der Waals surface area contributed by atoms with Crippen LogP contribution in [-0.2, 0) is 6.42 Å². The van der Waals surface area contributed by atoms with E-state index in [2.05, 4.69) is 4.98 Å². The molecule has 0 amide bonds. The Hall–Kier alpha value is -1.84. The summed E-state index contributed by atoms with van der Waals surface area (Å²) < 4.78 is 4.83. The largest absolute Gasteiger partial charge is 0.419 e. The molecule has 1 heterocycles. The summed E-state index contributed by atoms with van der Waals surface area (Å²) in [5.74, 6) is -0.716. The molecule has 4 nitrogen and oxygen atoms in total. The van der Waals surface area contributed by atoms with E-state index in [1.165, 1.54) is 0 Å². The maximum absolute atomic E-state index is 11.4. The Kier molecular flexibility index (Phi) is 1.96. The fourth-order valence-corrected chi connectivity index (χ4v) is 1.35. The Morgan fingerprint density at radius 2 is 2.14 bits per heavy atom. The Labute approximate surface area is 79.2 Å². The standard InChI is InChI=1S/C10H9NO3/c1-2-6-3-4-8-7(5-6)9(12)11-10(13)14-8/h3-5H,2H2,1H3,(H,11,12,13). The second-order valence-electron chi connectivity index (χ2n) is 3.03. The summed E-state index contributed by atoms with van der Waals surface area (Å²) in [5, 5.41) is 0.420. The van der Waals surface area contributed by atoms with Crippen LogP contribution >= 0.6 is 0 Å². The van der Waals surface area contributed by atoms with Gasteiger partial charge in [-0.05, 0) is 24.1 Å². The number of H-pyrrole nitrogens is 1. The number of hydrogen-bond acceptors (Lipinski definition) is 3. The van der Waals surface area contributed by atoms with E-state index in [4.69, 9.17) is 4.42 Å². The van der Waals surface area contributed by atoms with E-state index in [1.54, 1.807) is 12.1 Å². The van der Waals surface area contributed by atoms with Crippen LogP contribution in [0.2, 0.25) is 0 Å². The van der Waals surface area contributed by atoms with Gasteiger partial charge in [0.05, 0.1) is 5.39 Å². The zero-order valence-corrected chi connectivity index (χ0v) is 7.66. The van der Waals surface area contributed by atoms with E-state index < -0.39 is 11.3 Å². The van der Waals surface area contributed by atoms with Crippen molar-refractivity contribution < 1.29 is 4.42 Å². The van der Waals surface area contributed by atoms with Crippen molar-refractivity contribution in [2.75, 3.05) is 0 Å². The molecule has 0 spiro atoms. The third kappa shape index (κ3) is 1.35. The molecule has 0 fully saturated rings. The second kappa shape index (κ2) is 3.14. The van der Waals surface area contributed by atoms with Gasteiger partial charge in [-0.25, -0.2) is 4.79 Å². The lowest BCUT2D eigenvalue weighted by molar-refractivity contribution is 0.528.